The number of hydrogen-bond donors (Lipinski definition) is 1. The second-order valence-corrected chi connectivity index (χ2v) is 10.2. The van der Waals surface area contributed by atoms with Gasteiger partial charge in [-0.15, -0.1) is 0 Å². The fourth-order valence-corrected chi connectivity index (χ4v) is 5.06. The molecule has 1 aliphatic heterocycles. The predicted octanol–water partition coefficient (Wildman–Crippen LogP) is 4.44. The molecule has 1 amide bonds. The molecular formula is C21H25BrN2O4S. The molecule has 2 aromatic carbocycles. The minimum Gasteiger partial charge on any atom is -0.496 e. The van der Waals surface area contributed by atoms with Crippen molar-refractivity contribution in [3.8, 4) is 5.75 Å². The first kappa shape index (κ1) is 21.8. The molecule has 2 aromatic rings. The number of nitrogens with one attached hydrogen (secondary N) is 1. The number of nitrogens with zero attached hydrogens (tertiary/aromatic N) is 1. The molecule has 0 unspecified atom stereocenters. The minimum absolute atomic E-state index is 0.102. The van der Waals surface area contributed by atoms with Crippen LogP contribution in [0.2, 0.25) is 0 Å². The smallest absolute Gasteiger partial charge is 0.259 e. The fourth-order valence-electron chi connectivity index (χ4n) is 3.32. The fraction of sp³-hybridized carbons (Fsp3) is 0.381. The van der Waals surface area contributed by atoms with E-state index in [0.29, 0.717) is 30.4 Å². The first-order chi connectivity index (χ1) is 13.7. The quantitative estimate of drug-likeness (QED) is 0.685. The van der Waals surface area contributed by atoms with Gasteiger partial charge in [0.05, 0.1) is 17.6 Å². The van der Waals surface area contributed by atoms with Gasteiger partial charge in [0.25, 0.3) is 5.91 Å². The molecule has 0 radical (unpaired) electrons. The van der Waals surface area contributed by atoms with Crippen LogP contribution in [-0.2, 0) is 10.0 Å². The summed E-state index contributed by atoms with van der Waals surface area (Å²) in [5.41, 5.74) is 1.78. The number of halogens is 1. The third kappa shape index (κ3) is 4.82. The topological polar surface area (TPSA) is 75.7 Å². The molecule has 1 heterocycles. The molecule has 0 aromatic heterocycles. The molecule has 1 saturated heterocycles. The van der Waals surface area contributed by atoms with Crippen molar-refractivity contribution in [1.82, 2.24) is 4.31 Å². The van der Waals surface area contributed by atoms with Crippen LogP contribution in [0.5, 0.6) is 5.75 Å². The maximum Gasteiger partial charge on any atom is 0.259 e. The molecule has 0 atom stereocenters. The Bertz CT molecular complexity index is 1020. The van der Waals surface area contributed by atoms with Crippen molar-refractivity contribution >= 4 is 37.5 Å². The van der Waals surface area contributed by atoms with Crippen LogP contribution < -0.4 is 10.1 Å². The number of carbonyl (C=O) groups is 1. The molecule has 0 spiro atoms. The second-order valence-electron chi connectivity index (χ2n) is 7.37. The van der Waals surface area contributed by atoms with Gasteiger partial charge < -0.3 is 10.1 Å². The Morgan fingerprint density at radius 2 is 1.86 bits per heavy atom. The third-order valence-electron chi connectivity index (χ3n) is 5.21. The van der Waals surface area contributed by atoms with Crippen LogP contribution in [0.15, 0.2) is 45.8 Å². The van der Waals surface area contributed by atoms with Crippen molar-refractivity contribution in [1.29, 1.82) is 0 Å². The molecule has 8 heteroatoms. The highest BCUT2D eigenvalue weighted by molar-refractivity contribution is 9.10. The summed E-state index contributed by atoms with van der Waals surface area (Å²) in [4.78, 5) is 13.0. The molecule has 29 heavy (non-hydrogen) atoms. The molecule has 0 saturated carbocycles. The standard InChI is InChI=1S/C21H25BrN2O4S/c1-14-8-10-24(11-9-14)29(26,27)17-5-7-20(28-3)18(13-17)21(25)23-16-4-6-19(22)15(2)12-16/h4-7,12-14H,8-11H2,1-3H3,(H,23,25). The summed E-state index contributed by atoms with van der Waals surface area (Å²) in [6, 6.07) is 9.88. The molecule has 0 bridgehead atoms. The van der Waals surface area contributed by atoms with Gasteiger partial charge in [-0.2, -0.15) is 4.31 Å². The molecular weight excluding hydrogens is 456 g/mol. The zero-order chi connectivity index (χ0) is 21.2. The van der Waals surface area contributed by atoms with Crippen LogP contribution in [0.25, 0.3) is 0 Å². The largest absolute Gasteiger partial charge is 0.496 e. The highest BCUT2D eigenvalue weighted by atomic mass is 79.9. The summed E-state index contributed by atoms with van der Waals surface area (Å²) in [6.45, 7) is 5.04. The summed E-state index contributed by atoms with van der Waals surface area (Å²) in [7, 11) is -2.21. The Hall–Kier alpha value is -1.90. The van der Waals surface area contributed by atoms with Gasteiger partial charge in [0.2, 0.25) is 10.0 Å². The average molecular weight is 481 g/mol. The Morgan fingerprint density at radius 3 is 2.48 bits per heavy atom. The summed E-state index contributed by atoms with van der Waals surface area (Å²) in [6.07, 6.45) is 1.68. The van der Waals surface area contributed by atoms with Gasteiger partial charge in [-0.25, -0.2) is 8.42 Å². The number of amides is 1. The molecule has 1 N–H and O–H groups in total. The predicted molar refractivity (Wildman–Crippen MR) is 117 cm³/mol. The lowest BCUT2D eigenvalue weighted by atomic mass is 10.0. The number of sulfonamides is 1. The van der Waals surface area contributed by atoms with E-state index in [4.69, 9.17) is 4.74 Å². The van der Waals surface area contributed by atoms with Crippen LogP contribution >= 0.6 is 15.9 Å². The molecule has 1 aliphatic rings. The number of carbonyl (C=O) groups excluding carboxylic acids is 1. The lowest BCUT2D eigenvalue weighted by Gasteiger charge is -2.29. The summed E-state index contributed by atoms with van der Waals surface area (Å²) >= 11 is 3.43. The number of piperidine rings is 1. The minimum atomic E-state index is -3.66. The Labute approximate surface area is 180 Å². The zero-order valence-electron chi connectivity index (χ0n) is 16.7. The van der Waals surface area contributed by atoms with Gasteiger partial charge in [0.15, 0.2) is 0 Å². The summed E-state index contributed by atoms with van der Waals surface area (Å²) in [5, 5.41) is 2.82. The van der Waals surface area contributed by atoms with Crippen LogP contribution in [-0.4, -0.2) is 38.8 Å². The van der Waals surface area contributed by atoms with Gasteiger partial charge in [0, 0.05) is 23.2 Å². The van der Waals surface area contributed by atoms with Crippen molar-refractivity contribution < 1.29 is 17.9 Å². The van der Waals surface area contributed by atoms with Gasteiger partial charge >= 0.3 is 0 Å². The lowest BCUT2D eigenvalue weighted by molar-refractivity contribution is 0.102. The highest BCUT2D eigenvalue weighted by Crippen LogP contribution is 2.28. The van der Waals surface area contributed by atoms with E-state index in [1.54, 1.807) is 6.07 Å². The lowest BCUT2D eigenvalue weighted by Crippen LogP contribution is -2.37. The number of ether oxygens (including phenoxy) is 1. The van der Waals surface area contributed by atoms with Crippen LogP contribution in [0.4, 0.5) is 5.69 Å². The molecule has 1 fully saturated rings. The molecule has 0 aliphatic carbocycles. The van der Waals surface area contributed by atoms with E-state index in [9.17, 15) is 13.2 Å². The van der Waals surface area contributed by atoms with Crippen molar-refractivity contribution in [3.63, 3.8) is 0 Å². The van der Waals surface area contributed by atoms with Crippen molar-refractivity contribution in [2.24, 2.45) is 5.92 Å². The van der Waals surface area contributed by atoms with E-state index in [-0.39, 0.29) is 10.5 Å². The van der Waals surface area contributed by atoms with Crippen LogP contribution in [0.1, 0.15) is 35.7 Å². The number of methoxy groups -OCH3 is 1. The Balaban J connectivity index is 1.90. The first-order valence-corrected chi connectivity index (χ1v) is 11.7. The number of hydrogen-bond acceptors (Lipinski definition) is 4. The number of rotatable bonds is 5. The maximum absolute atomic E-state index is 13.1. The Kier molecular flexibility index (Phi) is 6.65. The molecule has 156 valence electrons. The first-order valence-electron chi connectivity index (χ1n) is 9.48. The van der Waals surface area contributed by atoms with Gasteiger partial charge in [-0.1, -0.05) is 22.9 Å². The third-order valence-corrected chi connectivity index (χ3v) is 8.00. The number of benzene rings is 2. The maximum atomic E-state index is 13.1. The van der Waals surface area contributed by atoms with E-state index in [0.717, 1.165) is 22.9 Å². The highest BCUT2D eigenvalue weighted by Gasteiger charge is 2.29. The number of anilines is 1. The van der Waals surface area contributed by atoms with Crippen LogP contribution in [0, 0.1) is 12.8 Å². The van der Waals surface area contributed by atoms with E-state index >= 15 is 0 Å². The van der Waals surface area contributed by atoms with Gasteiger partial charge in [-0.3, -0.25) is 4.79 Å². The molecule has 3 rings (SSSR count). The van der Waals surface area contributed by atoms with Crippen molar-refractivity contribution in [2.75, 3.05) is 25.5 Å². The van der Waals surface area contributed by atoms with Crippen molar-refractivity contribution in [3.05, 3.63) is 52.0 Å². The second kappa shape index (κ2) is 8.85. The SMILES string of the molecule is COc1ccc(S(=O)(=O)N2CCC(C)CC2)cc1C(=O)Nc1ccc(Br)c(C)c1. The normalized spacial score (nSPS) is 15.9. The zero-order valence-corrected chi connectivity index (χ0v) is 19.1. The number of aryl methyl sites for hydroxylation is 1. The van der Waals surface area contributed by atoms with Gasteiger partial charge in [0.1, 0.15) is 5.75 Å². The van der Waals surface area contributed by atoms with Crippen LogP contribution in [0.3, 0.4) is 0 Å². The van der Waals surface area contributed by atoms with E-state index in [1.807, 2.05) is 19.1 Å². The molecule has 6 nitrogen and oxygen atoms in total. The van der Waals surface area contributed by atoms with E-state index in [2.05, 4.69) is 28.2 Å². The Morgan fingerprint density at radius 1 is 1.17 bits per heavy atom. The monoisotopic (exact) mass is 480 g/mol. The van der Waals surface area contributed by atoms with E-state index in [1.165, 1.54) is 29.6 Å². The summed E-state index contributed by atoms with van der Waals surface area (Å²) < 4.78 is 33.8. The summed E-state index contributed by atoms with van der Waals surface area (Å²) in [5.74, 6) is 0.420. The van der Waals surface area contributed by atoms with Crippen molar-refractivity contribution in [2.45, 2.75) is 31.6 Å². The van der Waals surface area contributed by atoms with Gasteiger partial charge in [-0.05, 0) is 67.6 Å². The average Bonchev–Trinajstić information content (AvgIpc) is 2.70. The van der Waals surface area contributed by atoms with E-state index < -0.39 is 15.9 Å².